The topological polar surface area (TPSA) is 79.5 Å². The van der Waals surface area contributed by atoms with Crippen molar-refractivity contribution < 1.29 is 14.3 Å². The molecular formula is C26H27N3O3S. The second kappa shape index (κ2) is 10.3. The molecule has 0 atom stereocenters. The summed E-state index contributed by atoms with van der Waals surface area (Å²) in [5, 5.41) is 8.64. The minimum atomic E-state index is -0.335. The Hall–Kier alpha value is -3.71. The molecule has 0 bridgehead atoms. The Morgan fingerprint density at radius 3 is 1.91 bits per heavy atom. The van der Waals surface area contributed by atoms with E-state index in [2.05, 4.69) is 36.7 Å². The third kappa shape index (κ3) is 6.63. The number of hydrogen-bond donors (Lipinski definition) is 3. The maximum absolute atomic E-state index is 12.6. The minimum Gasteiger partial charge on any atom is -0.497 e. The fraction of sp³-hybridized carbons (Fsp3) is 0.192. The van der Waals surface area contributed by atoms with Crippen molar-refractivity contribution in [3.8, 4) is 5.75 Å². The number of methoxy groups -OCH3 is 1. The molecule has 0 radical (unpaired) electrons. The van der Waals surface area contributed by atoms with Crippen molar-refractivity contribution in [2.75, 3.05) is 17.7 Å². The van der Waals surface area contributed by atoms with Crippen LogP contribution in [0.15, 0.2) is 72.8 Å². The Kier molecular flexibility index (Phi) is 7.45. The Balaban J connectivity index is 1.60. The highest BCUT2D eigenvalue weighted by Gasteiger charge is 2.14. The van der Waals surface area contributed by atoms with Crippen LogP contribution in [0.3, 0.4) is 0 Å². The second-order valence-electron chi connectivity index (χ2n) is 8.50. The maximum atomic E-state index is 12.6. The highest BCUT2D eigenvalue weighted by Crippen LogP contribution is 2.23. The highest BCUT2D eigenvalue weighted by atomic mass is 32.1. The standard InChI is InChI=1S/C26H27N3O3S/c1-26(2,3)19-12-8-17(9-13-19)23(30)27-20-6-5-7-21(16-20)28-25(33)29-24(31)18-10-14-22(32-4)15-11-18/h5-16H,1-4H3,(H,27,30)(H2,28,29,31,33). The van der Waals surface area contributed by atoms with Crippen molar-refractivity contribution in [1.29, 1.82) is 0 Å². The van der Waals surface area contributed by atoms with Crippen LogP contribution in [0.2, 0.25) is 0 Å². The zero-order valence-electron chi connectivity index (χ0n) is 19.1. The van der Waals surface area contributed by atoms with E-state index in [-0.39, 0.29) is 22.3 Å². The lowest BCUT2D eigenvalue weighted by Gasteiger charge is -2.19. The van der Waals surface area contributed by atoms with Crippen molar-refractivity contribution in [3.05, 3.63) is 89.5 Å². The third-order valence-corrected chi connectivity index (χ3v) is 5.17. The van der Waals surface area contributed by atoms with Crippen LogP contribution in [0.1, 0.15) is 47.1 Å². The number of ether oxygens (including phenoxy) is 1. The van der Waals surface area contributed by atoms with Gasteiger partial charge in [0.05, 0.1) is 7.11 Å². The van der Waals surface area contributed by atoms with Gasteiger partial charge in [0, 0.05) is 22.5 Å². The molecule has 0 fully saturated rings. The first kappa shape index (κ1) is 23.9. The SMILES string of the molecule is COc1ccc(C(=O)NC(=S)Nc2cccc(NC(=O)c3ccc(C(C)(C)C)cc3)c2)cc1. The molecule has 0 aliphatic rings. The first-order chi connectivity index (χ1) is 15.7. The molecule has 3 aromatic rings. The number of nitrogens with one attached hydrogen (secondary N) is 3. The zero-order chi connectivity index (χ0) is 24.0. The Morgan fingerprint density at radius 2 is 1.33 bits per heavy atom. The molecule has 3 rings (SSSR count). The average Bonchev–Trinajstić information content (AvgIpc) is 2.78. The second-order valence-corrected chi connectivity index (χ2v) is 8.91. The van der Waals surface area contributed by atoms with Crippen LogP contribution in [0, 0.1) is 0 Å². The molecule has 0 saturated carbocycles. The van der Waals surface area contributed by atoms with Crippen molar-refractivity contribution in [2.45, 2.75) is 26.2 Å². The number of amides is 2. The largest absolute Gasteiger partial charge is 0.497 e. The molecule has 0 saturated heterocycles. The highest BCUT2D eigenvalue weighted by molar-refractivity contribution is 7.80. The fourth-order valence-electron chi connectivity index (χ4n) is 3.08. The van der Waals surface area contributed by atoms with Crippen LogP contribution in [0.4, 0.5) is 11.4 Å². The van der Waals surface area contributed by atoms with E-state index in [1.165, 1.54) is 0 Å². The molecule has 0 aliphatic heterocycles. The molecule has 0 spiro atoms. The van der Waals surface area contributed by atoms with Crippen LogP contribution >= 0.6 is 12.2 Å². The van der Waals surface area contributed by atoms with Gasteiger partial charge in [-0.15, -0.1) is 0 Å². The van der Waals surface area contributed by atoms with Crippen molar-refractivity contribution >= 4 is 40.5 Å². The van der Waals surface area contributed by atoms with Crippen LogP contribution in [-0.4, -0.2) is 24.0 Å². The number of benzene rings is 3. The smallest absolute Gasteiger partial charge is 0.257 e. The molecule has 6 nitrogen and oxygen atoms in total. The first-order valence-corrected chi connectivity index (χ1v) is 10.8. The Labute approximate surface area is 199 Å². The van der Waals surface area contributed by atoms with Gasteiger partial charge < -0.3 is 15.4 Å². The van der Waals surface area contributed by atoms with E-state index >= 15 is 0 Å². The molecule has 0 heterocycles. The number of carbonyl (C=O) groups is 2. The monoisotopic (exact) mass is 461 g/mol. The lowest BCUT2D eigenvalue weighted by Crippen LogP contribution is -2.34. The summed E-state index contributed by atoms with van der Waals surface area (Å²) in [7, 11) is 1.56. The predicted molar refractivity (Wildman–Crippen MR) is 136 cm³/mol. The summed E-state index contributed by atoms with van der Waals surface area (Å²) in [6.07, 6.45) is 0. The van der Waals surface area contributed by atoms with Gasteiger partial charge in [-0.3, -0.25) is 14.9 Å². The van der Waals surface area contributed by atoms with Gasteiger partial charge in [-0.25, -0.2) is 0 Å². The van der Waals surface area contributed by atoms with Gasteiger partial charge in [0.1, 0.15) is 5.75 Å². The molecule has 3 N–H and O–H groups in total. The van der Waals surface area contributed by atoms with E-state index in [1.54, 1.807) is 55.6 Å². The predicted octanol–water partition coefficient (Wildman–Crippen LogP) is 5.37. The van der Waals surface area contributed by atoms with Gasteiger partial charge in [-0.1, -0.05) is 39.0 Å². The van der Waals surface area contributed by atoms with Gasteiger partial charge >= 0.3 is 0 Å². The summed E-state index contributed by atoms with van der Waals surface area (Å²) >= 11 is 5.26. The zero-order valence-corrected chi connectivity index (χ0v) is 19.9. The van der Waals surface area contributed by atoms with E-state index in [0.29, 0.717) is 28.3 Å². The molecule has 170 valence electrons. The quantitative estimate of drug-likeness (QED) is 0.445. The van der Waals surface area contributed by atoms with Gasteiger partial charge in [0.25, 0.3) is 11.8 Å². The fourth-order valence-corrected chi connectivity index (χ4v) is 3.29. The summed E-state index contributed by atoms with van der Waals surface area (Å²) in [4.78, 5) is 25.0. The molecule has 0 aromatic heterocycles. The van der Waals surface area contributed by atoms with Crippen molar-refractivity contribution in [2.24, 2.45) is 0 Å². The minimum absolute atomic E-state index is 0.0240. The molecule has 0 aliphatic carbocycles. The average molecular weight is 462 g/mol. The summed E-state index contributed by atoms with van der Waals surface area (Å²) < 4.78 is 5.09. The lowest BCUT2D eigenvalue weighted by atomic mass is 9.87. The summed E-state index contributed by atoms with van der Waals surface area (Å²) in [5.74, 6) is 0.123. The summed E-state index contributed by atoms with van der Waals surface area (Å²) in [6.45, 7) is 6.39. The van der Waals surface area contributed by atoms with E-state index in [9.17, 15) is 9.59 Å². The maximum Gasteiger partial charge on any atom is 0.257 e. The van der Waals surface area contributed by atoms with Crippen LogP contribution in [0.5, 0.6) is 5.75 Å². The molecule has 0 unspecified atom stereocenters. The number of thiocarbonyl (C=S) groups is 1. The molecule has 3 aromatic carbocycles. The first-order valence-electron chi connectivity index (χ1n) is 10.4. The molecule has 7 heteroatoms. The summed E-state index contributed by atoms with van der Waals surface area (Å²) in [6, 6.07) is 21.4. The van der Waals surface area contributed by atoms with E-state index < -0.39 is 0 Å². The molecule has 33 heavy (non-hydrogen) atoms. The molecular weight excluding hydrogens is 434 g/mol. The normalized spacial score (nSPS) is 10.8. The van der Waals surface area contributed by atoms with Crippen LogP contribution < -0.4 is 20.7 Å². The van der Waals surface area contributed by atoms with E-state index in [0.717, 1.165) is 5.56 Å². The molecule has 2 amide bonds. The van der Waals surface area contributed by atoms with Crippen LogP contribution in [-0.2, 0) is 5.41 Å². The van der Waals surface area contributed by atoms with Crippen molar-refractivity contribution in [1.82, 2.24) is 5.32 Å². The van der Waals surface area contributed by atoms with Gasteiger partial charge in [-0.05, 0) is 77.8 Å². The van der Waals surface area contributed by atoms with Gasteiger partial charge in [-0.2, -0.15) is 0 Å². The Bertz CT molecular complexity index is 1150. The number of hydrogen-bond acceptors (Lipinski definition) is 4. The number of anilines is 2. The van der Waals surface area contributed by atoms with Gasteiger partial charge in [0.15, 0.2) is 5.11 Å². The van der Waals surface area contributed by atoms with Gasteiger partial charge in [0.2, 0.25) is 0 Å². The Morgan fingerprint density at radius 1 is 0.788 bits per heavy atom. The summed E-state index contributed by atoms with van der Waals surface area (Å²) in [5.41, 5.74) is 3.46. The third-order valence-electron chi connectivity index (χ3n) is 4.97. The van der Waals surface area contributed by atoms with Crippen LogP contribution in [0.25, 0.3) is 0 Å². The number of carbonyl (C=O) groups excluding carboxylic acids is 2. The lowest BCUT2D eigenvalue weighted by molar-refractivity contribution is 0.0976. The van der Waals surface area contributed by atoms with E-state index in [4.69, 9.17) is 17.0 Å². The number of rotatable bonds is 5. The van der Waals surface area contributed by atoms with E-state index in [1.807, 2.05) is 24.3 Å². The van der Waals surface area contributed by atoms with Crippen molar-refractivity contribution in [3.63, 3.8) is 0 Å².